The van der Waals surface area contributed by atoms with Gasteiger partial charge in [-0.3, -0.25) is 0 Å². The second kappa shape index (κ2) is 3.49. The molecule has 0 spiro atoms. The van der Waals surface area contributed by atoms with Gasteiger partial charge in [0.25, 0.3) is 0 Å². The fourth-order valence-electron chi connectivity index (χ4n) is 0.532. The van der Waals surface area contributed by atoms with Gasteiger partial charge in [0.05, 0.1) is 12.5 Å². The summed E-state index contributed by atoms with van der Waals surface area (Å²) in [5, 5.41) is 8.59. The van der Waals surface area contributed by atoms with E-state index in [0.717, 1.165) is 0 Å². The van der Waals surface area contributed by atoms with Crippen LogP contribution in [0.5, 0.6) is 0 Å². The summed E-state index contributed by atoms with van der Waals surface area (Å²) in [6.07, 6.45) is 3.12. The average Bonchev–Trinajstić information content (AvgIpc) is 2.05. The van der Waals surface area contributed by atoms with Crippen molar-refractivity contribution < 1.29 is 5.11 Å². The Bertz CT molecular complexity index is 176. The maximum absolute atomic E-state index is 8.59. The van der Waals surface area contributed by atoms with Crippen LogP contribution in [0.3, 0.4) is 0 Å². The molecular weight excluding hydrogens is 152 g/mol. The zero-order valence-electron chi connectivity index (χ0n) is 5.29. The van der Waals surface area contributed by atoms with Crippen molar-refractivity contribution in [1.82, 2.24) is 9.97 Å². The van der Waals surface area contributed by atoms with Crippen molar-refractivity contribution in [3.8, 4) is 0 Å². The monoisotopic (exact) mass is 158 g/mol. The Morgan fingerprint density at radius 3 is 2.40 bits per heavy atom. The first-order chi connectivity index (χ1) is 4.86. The van der Waals surface area contributed by atoms with Crippen molar-refractivity contribution in [2.24, 2.45) is 0 Å². The quantitative estimate of drug-likeness (QED) is 0.645. The van der Waals surface area contributed by atoms with E-state index in [9.17, 15) is 0 Å². The highest BCUT2D eigenvalue weighted by molar-refractivity contribution is 6.16. The third-order valence-corrected chi connectivity index (χ3v) is 1.30. The van der Waals surface area contributed by atoms with Crippen LogP contribution in [0.15, 0.2) is 12.4 Å². The predicted octanol–water partition coefficient (Wildman–Crippen LogP) is 0.708. The third kappa shape index (κ3) is 1.65. The molecule has 0 fully saturated rings. The molecule has 0 aromatic carbocycles. The highest BCUT2D eigenvalue weighted by Gasteiger charge is 1.92. The van der Waals surface area contributed by atoms with E-state index in [4.69, 9.17) is 16.7 Å². The minimum Gasteiger partial charge on any atom is -0.392 e. The minimum absolute atomic E-state index is 0.0252. The van der Waals surface area contributed by atoms with E-state index in [1.807, 2.05) is 0 Å². The van der Waals surface area contributed by atoms with Crippen molar-refractivity contribution in [2.45, 2.75) is 12.5 Å². The molecule has 0 aliphatic rings. The lowest BCUT2D eigenvalue weighted by atomic mass is 10.4. The van der Waals surface area contributed by atoms with Crippen molar-refractivity contribution in [3.63, 3.8) is 0 Å². The largest absolute Gasteiger partial charge is 0.392 e. The Hall–Kier alpha value is -0.670. The smallest absolute Gasteiger partial charge is 0.142 e. The van der Waals surface area contributed by atoms with Gasteiger partial charge >= 0.3 is 0 Å². The van der Waals surface area contributed by atoms with Crippen molar-refractivity contribution >= 4 is 11.6 Å². The van der Waals surface area contributed by atoms with Crippen LogP contribution < -0.4 is 0 Å². The van der Waals surface area contributed by atoms with Gasteiger partial charge in [-0.25, -0.2) is 9.97 Å². The Kier molecular flexibility index (Phi) is 2.59. The normalized spacial score (nSPS) is 9.80. The van der Waals surface area contributed by atoms with Gasteiger partial charge < -0.3 is 5.11 Å². The number of aliphatic hydroxyl groups excluding tert-OH is 1. The summed E-state index contributed by atoms with van der Waals surface area (Å²) in [6.45, 7) is -0.0252. The summed E-state index contributed by atoms with van der Waals surface area (Å²) in [7, 11) is 0. The first kappa shape index (κ1) is 7.44. The summed E-state index contributed by atoms with van der Waals surface area (Å²) >= 11 is 5.43. The average molecular weight is 159 g/mol. The minimum atomic E-state index is -0.0252. The fraction of sp³-hybridized carbons (Fsp3) is 0.333. The predicted molar refractivity (Wildman–Crippen MR) is 37.5 cm³/mol. The van der Waals surface area contributed by atoms with Gasteiger partial charge in [-0.1, -0.05) is 0 Å². The van der Waals surface area contributed by atoms with Crippen LogP contribution in [0.4, 0.5) is 0 Å². The summed E-state index contributed by atoms with van der Waals surface area (Å²) in [5.74, 6) is 0.894. The second-order valence-corrected chi connectivity index (χ2v) is 2.07. The van der Waals surface area contributed by atoms with E-state index in [0.29, 0.717) is 17.3 Å². The van der Waals surface area contributed by atoms with Crippen LogP contribution in [-0.4, -0.2) is 15.1 Å². The van der Waals surface area contributed by atoms with E-state index in [1.165, 1.54) is 0 Å². The molecule has 54 valence electrons. The van der Waals surface area contributed by atoms with Crippen LogP contribution in [0.1, 0.15) is 11.4 Å². The van der Waals surface area contributed by atoms with Crippen LogP contribution >= 0.6 is 11.6 Å². The fourth-order valence-corrected chi connectivity index (χ4v) is 0.670. The molecule has 1 rings (SSSR count). The highest BCUT2D eigenvalue weighted by atomic mass is 35.5. The molecule has 10 heavy (non-hydrogen) atoms. The van der Waals surface area contributed by atoms with Gasteiger partial charge in [0, 0.05) is 18.0 Å². The molecule has 0 bridgehead atoms. The number of halogens is 1. The number of alkyl halides is 1. The SMILES string of the molecule is OCc1cnc(CCl)nc1. The molecule has 0 amide bonds. The standard InChI is InChI=1S/C6H7ClN2O/c7-1-6-8-2-5(4-10)3-9-6/h2-3,10H,1,4H2. The molecule has 1 aromatic rings. The number of aliphatic hydroxyl groups is 1. The molecule has 3 nitrogen and oxygen atoms in total. The van der Waals surface area contributed by atoms with E-state index in [-0.39, 0.29) is 6.61 Å². The van der Waals surface area contributed by atoms with Crippen molar-refractivity contribution in [3.05, 3.63) is 23.8 Å². The maximum atomic E-state index is 8.59. The lowest BCUT2D eigenvalue weighted by molar-refractivity contribution is 0.281. The molecule has 1 N–H and O–H groups in total. The lowest BCUT2D eigenvalue weighted by Gasteiger charge is -1.94. The molecule has 0 unspecified atom stereocenters. The molecular formula is C6H7ClN2O. The topological polar surface area (TPSA) is 46.0 Å². The Morgan fingerprint density at radius 2 is 2.00 bits per heavy atom. The van der Waals surface area contributed by atoms with E-state index in [1.54, 1.807) is 12.4 Å². The van der Waals surface area contributed by atoms with Crippen LogP contribution in [0, 0.1) is 0 Å². The summed E-state index contributed by atoms with van der Waals surface area (Å²) < 4.78 is 0. The molecule has 0 radical (unpaired) electrons. The van der Waals surface area contributed by atoms with Crippen LogP contribution in [0.25, 0.3) is 0 Å². The highest BCUT2D eigenvalue weighted by Crippen LogP contribution is 1.97. The third-order valence-electron chi connectivity index (χ3n) is 1.06. The number of aromatic nitrogens is 2. The zero-order valence-corrected chi connectivity index (χ0v) is 6.04. The number of hydrogen-bond donors (Lipinski definition) is 1. The Balaban J connectivity index is 2.80. The van der Waals surface area contributed by atoms with Crippen molar-refractivity contribution in [1.29, 1.82) is 0 Å². The molecule has 4 heteroatoms. The summed E-state index contributed by atoms with van der Waals surface area (Å²) in [6, 6.07) is 0. The van der Waals surface area contributed by atoms with Crippen LogP contribution in [-0.2, 0) is 12.5 Å². The van der Waals surface area contributed by atoms with E-state index in [2.05, 4.69) is 9.97 Å². The van der Waals surface area contributed by atoms with Crippen molar-refractivity contribution in [2.75, 3.05) is 0 Å². The summed E-state index contributed by atoms with van der Waals surface area (Å²) in [5.41, 5.74) is 0.703. The van der Waals surface area contributed by atoms with Gasteiger partial charge in [0.2, 0.25) is 0 Å². The van der Waals surface area contributed by atoms with Crippen LogP contribution in [0.2, 0.25) is 0 Å². The maximum Gasteiger partial charge on any atom is 0.142 e. The van der Waals surface area contributed by atoms with Gasteiger partial charge in [0.15, 0.2) is 0 Å². The molecule has 0 saturated carbocycles. The number of nitrogens with zero attached hydrogens (tertiary/aromatic N) is 2. The second-order valence-electron chi connectivity index (χ2n) is 1.80. The Morgan fingerprint density at radius 1 is 1.40 bits per heavy atom. The van der Waals surface area contributed by atoms with Gasteiger partial charge in [-0.2, -0.15) is 0 Å². The number of rotatable bonds is 2. The number of hydrogen-bond acceptors (Lipinski definition) is 3. The van der Waals surface area contributed by atoms with Gasteiger partial charge in [0.1, 0.15) is 5.82 Å². The first-order valence-corrected chi connectivity index (χ1v) is 3.37. The molecule has 0 aliphatic heterocycles. The van der Waals surface area contributed by atoms with Gasteiger partial charge in [-0.05, 0) is 0 Å². The first-order valence-electron chi connectivity index (χ1n) is 2.83. The molecule has 1 heterocycles. The summed E-state index contributed by atoms with van der Waals surface area (Å²) in [4.78, 5) is 7.73. The molecule has 1 aromatic heterocycles. The van der Waals surface area contributed by atoms with Gasteiger partial charge in [-0.15, -0.1) is 11.6 Å². The molecule has 0 atom stereocenters. The Labute approximate surface area is 63.7 Å². The zero-order chi connectivity index (χ0) is 7.40. The van der Waals surface area contributed by atoms with E-state index >= 15 is 0 Å². The lowest BCUT2D eigenvalue weighted by Crippen LogP contribution is -1.92. The van der Waals surface area contributed by atoms with E-state index < -0.39 is 0 Å². The molecule has 0 saturated heterocycles. The molecule has 0 aliphatic carbocycles.